The first-order valence-corrected chi connectivity index (χ1v) is 12.5. The van der Waals surface area contributed by atoms with E-state index in [0.717, 1.165) is 53.7 Å². The Labute approximate surface area is 204 Å². The Morgan fingerprint density at radius 3 is 2.60 bits per heavy atom. The van der Waals surface area contributed by atoms with Gasteiger partial charge in [-0.2, -0.15) is 5.10 Å². The molecule has 9 nitrogen and oxygen atoms in total. The average molecular weight is 476 g/mol. The highest BCUT2D eigenvalue weighted by Crippen LogP contribution is 2.34. The van der Waals surface area contributed by atoms with Gasteiger partial charge < -0.3 is 14.6 Å². The fourth-order valence-electron chi connectivity index (χ4n) is 5.50. The minimum absolute atomic E-state index is 0.0913. The van der Waals surface area contributed by atoms with E-state index in [4.69, 9.17) is 0 Å². The summed E-state index contributed by atoms with van der Waals surface area (Å²) in [5.41, 5.74) is 5.43. The molecule has 4 heterocycles. The van der Waals surface area contributed by atoms with E-state index in [0.29, 0.717) is 6.04 Å². The summed E-state index contributed by atoms with van der Waals surface area (Å²) in [6.07, 6.45) is 7.09. The molecular formula is C26H33N7O2. The molecule has 0 amide bonds. The molecule has 0 aliphatic carbocycles. The number of aliphatic hydroxyl groups is 1. The monoisotopic (exact) mass is 475 g/mol. The zero-order valence-corrected chi connectivity index (χ0v) is 20.6. The maximum absolute atomic E-state index is 13.0. The first-order chi connectivity index (χ1) is 17.0. The summed E-state index contributed by atoms with van der Waals surface area (Å²) in [7, 11) is 0. The Hall–Kier alpha value is -3.30. The SMILES string of the molecule is CC[C@H]1CN(C(C)c2ccc3nccnc3c2)[C@H](CC)CN1c1cc(=O)n(CCO)c2cn[nH]c12. The lowest BCUT2D eigenvalue weighted by Gasteiger charge is -2.49. The lowest BCUT2D eigenvalue weighted by Crippen LogP contribution is -2.58. The molecule has 3 atom stereocenters. The third-order valence-electron chi connectivity index (χ3n) is 7.48. The van der Waals surface area contributed by atoms with Crippen molar-refractivity contribution in [3.05, 3.63) is 58.8 Å². The topological polar surface area (TPSA) is 103 Å². The number of nitrogens with zero attached hydrogens (tertiary/aromatic N) is 6. The van der Waals surface area contributed by atoms with Crippen LogP contribution in [0.5, 0.6) is 0 Å². The number of aromatic amines is 1. The molecule has 184 valence electrons. The highest BCUT2D eigenvalue weighted by molar-refractivity contribution is 5.88. The van der Waals surface area contributed by atoms with Gasteiger partial charge in [-0.05, 0) is 37.5 Å². The van der Waals surface area contributed by atoms with E-state index in [9.17, 15) is 9.90 Å². The van der Waals surface area contributed by atoms with Crippen LogP contribution in [-0.2, 0) is 6.54 Å². The normalized spacial score (nSPS) is 20.1. The van der Waals surface area contributed by atoms with Crippen molar-refractivity contribution in [2.45, 2.75) is 58.3 Å². The maximum atomic E-state index is 13.0. The molecule has 35 heavy (non-hydrogen) atoms. The largest absolute Gasteiger partial charge is 0.395 e. The van der Waals surface area contributed by atoms with Gasteiger partial charge in [0.1, 0.15) is 5.52 Å². The predicted octanol–water partition coefficient (Wildman–Crippen LogP) is 3.10. The molecule has 0 bridgehead atoms. The number of rotatable bonds is 7. The quantitative estimate of drug-likeness (QED) is 0.423. The first-order valence-electron chi connectivity index (χ1n) is 12.5. The maximum Gasteiger partial charge on any atom is 0.253 e. The number of pyridine rings is 1. The van der Waals surface area contributed by atoms with Crippen LogP contribution in [0.15, 0.2) is 47.7 Å². The number of benzene rings is 1. The number of fused-ring (bicyclic) bond motifs is 2. The summed E-state index contributed by atoms with van der Waals surface area (Å²) in [5, 5.41) is 16.8. The number of piperazine rings is 1. The van der Waals surface area contributed by atoms with Crippen LogP contribution in [0.1, 0.15) is 45.2 Å². The zero-order chi connectivity index (χ0) is 24.5. The summed E-state index contributed by atoms with van der Waals surface area (Å²) in [5.74, 6) is 0. The molecule has 1 aromatic carbocycles. The summed E-state index contributed by atoms with van der Waals surface area (Å²) >= 11 is 0. The number of nitrogens with one attached hydrogen (secondary N) is 1. The van der Waals surface area contributed by atoms with Gasteiger partial charge in [0.25, 0.3) is 5.56 Å². The highest BCUT2D eigenvalue weighted by atomic mass is 16.3. The molecule has 3 aromatic heterocycles. The number of hydrogen-bond acceptors (Lipinski definition) is 7. The molecule has 0 spiro atoms. The Balaban J connectivity index is 1.48. The second kappa shape index (κ2) is 9.75. The van der Waals surface area contributed by atoms with Gasteiger partial charge in [-0.15, -0.1) is 0 Å². The van der Waals surface area contributed by atoms with Gasteiger partial charge in [0.15, 0.2) is 0 Å². The van der Waals surface area contributed by atoms with E-state index in [1.165, 1.54) is 5.56 Å². The van der Waals surface area contributed by atoms with E-state index in [2.05, 4.69) is 68.9 Å². The van der Waals surface area contributed by atoms with Crippen molar-refractivity contribution in [2.75, 3.05) is 24.6 Å². The van der Waals surface area contributed by atoms with Crippen LogP contribution in [0.4, 0.5) is 5.69 Å². The molecule has 5 rings (SSSR count). The second-order valence-corrected chi connectivity index (χ2v) is 9.33. The molecular weight excluding hydrogens is 442 g/mol. The van der Waals surface area contributed by atoms with Gasteiger partial charge in [0.2, 0.25) is 0 Å². The molecule has 2 N–H and O–H groups in total. The first kappa shape index (κ1) is 23.4. The molecule has 0 radical (unpaired) electrons. The van der Waals surface area contributed by atoms with Crippen LogP contribution >= 0.6 is 0 Å². The van der Waals surface area contributed by atoms with Crippen molar-refractivity contribution < 1.29 is 5.11 Å². The van der Waals surface area contributed by atoms with Gasteiger partial charge in [-0.25, -0.2) is 0 Å². The van der Waals surface area contributed by atoms with E-state index < -0.39 is 0 Å². The van der Waals surface area contributed by atoms with Crippen LogP contribution in [0.3, 0.4) is 0 Å². The van der Waals surface area contributed by atoms with Gasteiger partial charge >= 0.3 is 0 Å². The fourth-order valence-corrected chi connectivity index (χ4v) is 5.50. The van der Waals surface area contributed by atoms with E-state index in [-0.39, 0.29) is 30.8 Å². The minimum atomic E-state index is -0.112. The van der Waals surface area contributed by atoms with Crippen molar-refractivity contribution in [1.82, 2.24) is 29.6 Å². The van der Waals surface area contributed by atoms with Crippen LogP contribution in [-0.4, -0.2) is 66.5 Å². The van der Waals surface area contributed by atoms with Gasteiger partial charge in [-0.1, -0.05) is 19.9 Å². The van der Waals surface area contributed by atoms with E-state index in [1.807, 2.05) is 0 Å². The van der Waals surface area contributed by atoms with E-state index in [1.54, 1.807) is 29.2 Å². The molecule has 1 fully saturated rings. The predicted molar refractivity (Wildman–Crippen MR) is 138 cm³/mol. The molecule has 1 saturated heterocycles. The number of H-pyrrole nitrogens is 1. The highest BCUT2D eigenvalue weighted by Gasteiger charge is 2.36. The smallest absolute Gasteiger partial charge is 0.253 e. The van der Waals surface area contributed by atoms with Crippen LogP contribution in [0.2, 0.25) is 0 Å². The number of hydrogen-bond donors (Lipinski definition) is 2. The van der Waals surface area contributed by atoms with Crippen molar-refractivity contribution in [2.24, 2.45) is 0 Å². The average Bonchev–Trinajstić information content (AvgIpc) is 3.38. The molecule has 0 saturated carbocycles. The minimum Gasteiger partial charge on any atom is -0.395 e. The van der Waals surface area contributed by atoms with Gasteiger partial charge in [0.05, 0.1) is 35.0 Å². The number of aromatic nitrogens is 5. The molecule has 1 aliphatic rings. The molecule has 4 aromatic rings. The Morgan fingerprint density at radius 1 is 1.09 bits per heavy atom. The zero-order valence-electron chi connectivity index (χ0n) is 20.6. The lowest BCUT2D eigenvalue weighted by atomic mass is 9.96. The van der Waals surface area contributed by atoms with Crippen LogP contribution in [0.25, 0.3) is 22.1 Å². The van der Waals surface area contributed by atoms with Gasteiger partial charge in [-0.3, -0.25) is 24.8 Å². The summed E-state index contributed by atoms with van der Waals surface area (Å²) < 4.78 is 1.58. The van der Waals surface area contributed by atoms with Crippen molar-refractivity contribution in [1.29, 1.82) is 0 Å². The number of aliphatic hydroxyl groups excluding tert-OH is 1. The molecule has 1 aliphatic heterocycles. The summed E-state index contributed by atoms with van der Waals surface area (Å²) in [4.78, 5) is 26.8. The Bertz CT molecular complexity index is 1380. The summed E-state index contributed by atoms with van der Waals surface area (Å²) in [6.45, 7) is 8.58. The third-order valence-corrected chi connectivity index (χ3v) is 7.48. The van der Waals surface area contributed by atoms with Crippen molar-refractivity contribution >= 4 is 27.8 Å². The molecule has 1 unspecified atom stereocenters. The standard InChI is InChI=1S/C26H33N7O2/c1-4-19-16-33(23-13-25(35)31(10-11-34)24-14-29-30-26(23)24)20(5-2)15-32(19)17(3)18-6-7-21-22(12-18)28-9-8-27-21/h6-9,12-14,17,19-20,34H,4-5,10-11,15-16H2,1-3H3,(H,29,30)/t17?,19-,20+/m1/s1. The fraction of sp³-hybridized carbons (Fsp3) is 0.462. The summed E-state index contributed by atoms with van der Waals surface area (Å²) in [6, 6.07) is 8.88. The van der Waals surface area contributed by atoms with Crippen LogP contribution < -0.4 is 10.5 Å². The third kappa shape index (κ3) is 4.19. The Morgan fingerprint density at radius 2 is 1.86 bits per heavy atom. The lowest BCUT2D eigenvalue weighted by molar-refractivity contribution is 0.101. The molecule has 9 heteroatoms. The van der Waals surface area contributed by atoms with Gasteiger partial charge in [0, 0.05) is 56.2 Å². The Kier molecular flexibility index (Phi) is 6.53. The van der Waals surface area contributed by atoms with E-state index >= 15 is 0 Å². The number of anilines is 1. The van der Waals surface area contributed by atoms with Crippen molar-refractivity contribution in [3.63, 3.8) is 0 Å². The van der Waals surface area contributed by atoms with Crippen molar-refractivity contribution in [3.8, 4) is 0 Å². The van der Waals surface area contributed by atoms with Crippen LogP contribution in [0, 0.1) is 0 Å². The second-order valence-electron chi connectivity index (χ2n) is 9.33.